The molecule has 0 N–H and O–H groups in total. The van der Waals surface area contributed by atoms with Gasteiger partial charge in [0.25, 0.3) is 0 Å². The van der Waals surface area contributed by atoms with Gasteiger partial charge in [0.2, 0.25) is 0 Å². The Kier molecular flexibility index (Phi) is 5.31. The van der Waals surface area contributed by atoms with Gasteiger partial charge in [-0.1, -0.05) is 11.6 Å². The van der Waals surface area contributed by atoms with E-state index in [1.165, 1.54) is 14.2 Å². The Morgan fingerprint density at radius 3 is 2.80 bits per heavy atom. The van der Waals surface area contributed by atoms with Crippen LogP contribution in [0, 0.1) is 0 Å². The fourth-order valence-electron chi connectivity index (χ4n) is 2.56. The fourth-order valence-corrected chi connectivity index (χ4v) is 2.82. The molecule has 1 aliphatic heterocycles. The number of hydrogen-bond donors (Lipinski definition) is 0. The van der Waals surface area contributed by atoms with Crippen molar-refractivity contribution in [1.29, 1.82) is 0 Å². The van der Waals surface area contributed by atoms with Crippen molar-refractivity contribution in [3.8, 4) is 17.2 Å². The Morgan fingerprint density at radius 2 is 2.04 bits per heavy atom. The Morgan fingerprint density at radius 1 is 1.20 bits per heavy atom. The topological polar surface area (TPSA) is 63.2 Å². The molecule has 0 saturated heterocycles. The highest BCUT2D eigenvalue weighted by Crippen LogP contribution is 2.32. The van der Waals surface area contributed by atoms with Gasteiger partial charge in [0, 0.05) is 16.1 Å². The molecule has 0 atom stereocenters. The number of rotatable bonds is 5. The molecule has 0 aromatic heterocycles. The molecule has 7 heteroatoms. The number of benzene rings is 2. The van der Waals surface area contributed by atoms with Crippen LogP contribution in [-0.4, -0.2) is 27.0 Å². The van der Waals surface area contributed by atoms with Crippen LogP contribution in [0.4, 0.5) is 0 Å². The van der Waals surface area contributed by atoms with E-state index >= 15 is 0 Å². The molecule has 0 unspecified atom stereocenters. The van der Waals surface area contributed by atoms with E-state index in [4.69, 9.17) is 35.3 Å². The quantitative estimate of drug-likeness (QED) is 0.756. The van der Waals surface area contributed by atoms with Crippen LogP contribution in [0.5, 0.6) is 17.2 Å². The van der Waals surface area contributed by atoms with Crippen molar-refractivity contribution in [3.63, 3.8) is 0 Å². The minimum absolute atomic E-state index is 0.0160. The summed E-state index contributed by atoms with van der Waals surface area (Å²) in [6.07, 6.45) is 0. The van der Waals surface area contributed by atoms with E-state index < -0.39 is 5.97 Å². The molecule has 0 spiro atoms. The normalized spacial score (nSPS) is 12.8. The van der Waals surface area contributed by atoms with E-state index in [1.54, 1.807) is 30.3 Å². The lowest BCUT2D eigenvalue weighted by Gasteiger charge is -2.21. The molecule has 0 fully saturated rings. The third-order valence-corrected chi connectivity index (χ3v) is 3.96. The molecule has 0 aliphatic carbocycles. The lowest BCUT2D eigenvalue weighted by atomic mass is 10.1. The monoisotopic (exact) mass is 364 g/mol. The minimum atomic E-state index is -0.531. The molecule has 0 bridgehead atoms. The number of esters is 1. The average molecular weight is 365 g/mol. The maximum atomic E-state index is 12.5. The second-order valence-electron chi connectivity index (χ2n) is 5.31. The molecule has 2 aromatic carbocycles. The predicted octanol–water partition coefficient (Wildman–Crippen LogP) is 3.58. The van der Waals surface area contributed by atoms with Crippen molar-refractivity contribution in [2.24, 2.45) is 0 Å². The van der Waals surface area contributed by atoms with Crippen molar-refractivity contribution in [2.75, 3.05) is 21.0 Å². The molecule has 1 heterocycles. The first-order valence-electron chi connectivity index (χ1n) is 7.53. The zero-order valence-electron chi connectivity index (χ0n) is 13.8. The lowest BCUT2D eigenvalue weighted by Crippen LogP contribution is -2.14. The van der Waals surface area contributed by atoms with Crippen LogP contribution in [-0.2, 0) is 22.7 Å². The van der Waals surface area contributed by atoms with Gasteiger partial charge in [-0.2, -0.15) is 0 Å². The molecular weight excluding hydrogens is 348 g/mol. The summed E-state index contributed by atoms with van der Waals surface area (Å²) in [4.78, 5) is 12.5. The molecule has 2 aromatic rings. The third-order valence-electron chi connectivity index (χ3n) is 3.74. The van der Waals surface area contributed by atoms with Gasteiger partial charge < -0.3 is 23.7 Å². The van der Waals surface area contributed by atoms with Gasteiger partial charge in [-0.25, -0.2) is 4.79 Å². The summed E-state index contributed by atoms with van der Waals surface area (Å²) >= 11 is 6.11. The average Bonchev–Trinajstić information content (AvgIpc) is 2.65. The lowest BCUT2D eigenvalue weighted by molar-refractivity contribution is -0.0180. The summed E-state index contributed by atoms with van der Waals surface area (Å²) in [5, 5.41) is 0.526. The van der Waals surface area contributed by atoms with Gasteiger partial charge in [0.05, 0.1) is 20.8 Å². The summed E-state index contributed by atoms with van der Waals surface area (Å²) in [6.45, 7) is 0.571. The van der Waals surface area contributed by atoms with Gasteiger partial charge in [0.15, 0.2) is 6.79 Å². The highest BCUT2D eigenvalue weighted by atomic mass is 35.5. The Hall–Kier alpha value is -2.44. The zero-order chi connectivity index (χ0) is 17.8. The summed E-state index contributed by atoms with van der Waals surface area (Å²) in [5.41, 5.74) is 1.78. The van der Waals surface area contributed by atoms with E-state index in [1.807, 2.05) is 0 Å². The third kappa shape index (κ3) is 3.81. The van der Waals surface area contributed by atoms with E-state index in [0.717, 1.165) is 5.56 Å². The number of fused-ring (bicyclic) bond motifs is 1. The molecule has 132 valence electrons. The summed E-state index contributed by atoms with van der Waals surface area (Å²) in [7, 11) is 3.01. The van der Waals surface area contributed by atoms with Crippen molar-refractivity contribution in [1.82, 2.24) is 0 Å². The molecular formula is C18H17ClO6. The molecule has 0 amide bonds. The van der Waals surface area contributed by atoms with Crippen molar-refractivity contribution in [3.05, 3.63) is 52.0 Å². The number of hydrogen-bond acceptors (Lipinski definition) is 6. The molecule has 1 aliphatic rings. The van der Waals surface area contributed by atoms with Crippen LogP contribution in [0.1, 0.15) is 21.5 Å². The Balaban J connectivity index is 1.80. The molecule has 6 nitrogen and oxygen atoms in total. The minimum Gasteiger partial charge on any atom is -0.497 e. The molecule has 3 rings (SSSR count). The van der Waals surface area contributed by atoms with Crippen LogP contribution >= 0.6 is 11.6 Å². The highest BCUT2D eigenvalue weighted by Gasteiger charge is 2.20. The Bertz CT molecular complexity index is 789. The number of halogens is 1. The van der Waals surface area contributed by atoms with Crippen LogP contribution in [0.15, 0.2) is 30.3 Å². The van der Waals surface area contributed by atoms with Gasteiger partial charge in [-0.15, -0.1) is 0 Å². The predicted molar refractivity (Wildman–Crippen MR) is 90.4 cm³/mol. The molecule has 0 radical (unpaired) electrons. The zero-order valence-corrected chi connectivity index (χ0v) is 14.6. The van der Waals surface area contributed by atoms with E-state index in [9.17, 15) is 4.79 Å². The number of methoxy groups -OCH3 is 2. The van der Waals surface area contributed by atoms with Crippen LogP contribution in [0.2, 0.25) is 5.02 Å². The summed E-state index contributed by atoms with van der Waals surface area (Å²) in [5.74, 6) is 1.05. The maximum Gasteiger partial charge on any atom is 0.342 e. The molecule has 0 saturated carbocycles. The second kappa shape index (κ2) is 7.63. The summed E-state index contributed by atoms with van der Waals surface area (Å²) in [6, 6.07) is 8.40. The van der Waals surface area contributed by atoms with Crippen molar-refractivity contribution >= 4 is 17.6 Å². The van der Waals surface area contributed by atoms with E-state index in [2.05, 4.69) is 0 Å². The first-order chi connectivity index (χ1) is 12.1. The van der Waals surface area contributed by atoms with Crippen molar-refractivity contribution < 1.29 is 28.5 Å². The largest absolute Gasteiger partial charge is 0.497 e. The summed E-state index contributed by atoms with van der Waals surface area (Å²) < 4.78 is 26.5. The number of ether oxygens (including phenoxy) is 5. The van der Waals surface area contributed by atoms with E-state index in [-0.39, 0.29) is 19.0 Å². The van der Waals surface area contributed by atoms with Gasteiger partial charge in [-0.3, -0.25) is 0 Å². The van der Waals surface area contributed by atoms with Crippen LogP contribution < -0.4 is 14.2 Å². The number of carbonyl (C=O) groups is 1. The number of carbonyl (C=O) groups excluding carboxylic acids is 1. The standard InChI is InChI=1S/C18H17ClO6/c1-21-14-3-4-16(22-2)15(7-14)18(20)24-9-12-6-13(19)5-11-8-23-10-25-17(11)12/h3-7H,8-10H2,1-2H3. The van der Waals surface area contributed by atoms with Gasteiger partial charge in [-0.05, 0) is 30.3 Å². The SMILES string of the molecule is COc1ccc(OC)c(C(=O)OCc2cc(Cl)cc3c2OCOC3)c1. The van der Waals surface area contributed by atoms with E-state index in [0.29, 0.717) is 34.4 Å². The van der Waals surface area contributed by atoms with Crippen LogP contribution in [0.25, 0.3) is 0 Å². The first kappa shape index (κ1) is 17.4. The first-order valence-corrected chi connectivity index (χ1v) is 7.91. The highest BCUT2D eigenvalue weighted by molar-refractivity contribution is 6.30. The van der Waals surface area contributed by atoms with Crippen molar-refractivity contribution in [2.45, 2.75) is 13.2 Å². The Labute approximate surface area is 150 Å². The van der Waals surface area contributed by atoms with Gasteiger partial charge in [0.1, 0.15) is 29.4 Å². The fraction of sp³-hybridized carbons (Fsp3) is 0.278. The smallest absolute Gasteiger partial charge is 0.342 e. The van der Waals surface area contributed by atoms with Gasteiger partial charge >= 0.3 is 5.97 Å². The molecule has 25 heavy (non-hydrogen) atoms. The van der Waals surface area contributed by atoms with Crippen LogP contribution in [0.3, 0.4) is 0 Å². The second-order valence-corrected chi connectivity index (χ2v) is 5.74. The maximum absolute atomic E-state index is 12.5.